The van der Waals surface area contributed by atoms with Crippen molar-refractivity contribution in [1.82, 2.24) is 4.31 Å². The Kier molecular flexibility index (Phi) is 7.76. The zero-order valence-electron chi connectivity index (χ0n) is 15.6. The molecule has 8 nitrogen and oxygen atoms in total. The van der Waals surface area contributed by atoms with E-state index in [2.05, 4.69) is 5.32 Å². The van der Waals surface area contributed by atoms with Gasteiger partial charge in [0, 0.05) is 31.8 Å². The molecule has 0 aromatic heterocycles. The van der Waals surface area contributed by atoms with Gasteiger partial charge in [0.05, 0.1) is 24.5 Å². The minimum atomic E-state index is -3.34. The van der Waals surface area contributed by atoms with Gasteiger partial charge < -0.3 is 14.8 Å². The molecular weight excluding hydrogens is 372 g/mol. The molecule has 0 aliphatic carbocycles. The van der Waals surface area contributed by atoms with E-state index in [1.54, 1.807) is 31.2 Å². The lowest BCUT2D eigenvalue weighted by atomic mass is 9.97. The number of methoxy groups -OCH3 is 1. The number of ether oxygens (including phenoxy) is 2. The molecule has 1 saturated heterocycles. The summed E-state index contributed by atoms with van der Waals surface area (Å²) in [7, 11) is -1.87. The van der Waals surface area contributed by atoms with Crippen LogP contribution in [0.25, 0.3) is 0 Å². The van der Waals surface area contributed by atoms with Crippen molar-refractivity contribution < 1.29 is 27.5 Å². The first-order chi connectivity index (χ1) is 12.9. The summed E-state index contributed by atoms with van der Waals surface area (Å²) in [5.74, 6) is -0.846. The van der Waals surface area contributed by atoms with E-state index >= 15 is 0 Å². The molecule has 1 aliphatic rings. The van der Waals surface area contributed by atoms with Crippen molar-refractivity contribution >= 4 is 27.6 Å². The van der Waals surface area contributed by atoms with Crippen molar-refractivity contribution in [3.63, 3.8) is 0 Å². The van der Waals surface area contributed by atoms with Crippen LogP contribution < -0.4 is 5.32 Å². The van der Waals surface area contributed by atoms with E-state index in [9.17, 15) is 18.0 Å². The zero-order chi connectivity index (χ0) is 19.9. The number of esters is 1. The fraction of sp³-hybridized carbons (Fsp3) is 0.556. The maximum Gasteiger partial charge on any atom is 0.338 e. The summed E-state index contributed by atoms with van der Waals surface area (Å²) in [6.07, 6.45) is 0.942. The van der Waals surface area contributed by atoms with Crippen molar-refractivity contribution in [2.45, 2.75) is 19.8 Å². The minimum Gasteiger partial charge on any atom is -0.462 e. The van der Waals surface area contributed by atoms with Crippen LogP contribution in [0.2, 0.25) is 0 Å². The Balaban J connectivity index is 1.86. The second-order valence-electron chi connectivity index (χ2n) is 6.27. The van der Waals surface area contributed by atoms with Crippen molar-refractivity contribution in [3.05, 3.63) is 29.8 Å². The molecule has 0 unspecified atom stereocenters. The highest BCUT2D eigenvalue weighted by molar-refractivity contribution is 7.89. The highest BCUT2D eigenvalue weighted by Crippen LogP contribution is 2.22. The summed E-state index contributed by atoms with van der Waals surface area (Å²) in [5.41, 5.74) is 1.01. The van der Waals surface area contributed by atoms with Crippen molar-refractivity contribution in [2.24, 2.45) is 5.92 Å². The van der Waals surface area contributed by atoms with E-state index in [1.165, 1.54) is 11.4 Å². The Hall–Kier alpha value is -1.97. The summed E-state index contributed by atoms with van der Waals surface area (Å²) < 4.78 is 35.5. The molecule has 1 fully saturated rings. The summed E-state index contributed by atoms with van der Waals surface area (Å²) in [4.78, 5) is 24.1. The SMILES string of the molecule is CCOC(=O)c1ccc(NC(=O)C2CCN(S(=O)(=O)CCOC)CC2)cc1. The Bertz CT molecular complexity index is 740. The summed E-state index contributed by atoms with van der Waals surface area (Å²) in [5, 5.41) is 2.82. The van der Waals surface area contributed by atoms with E-state index < -0.39 is 16.0 Å². The number of anilines is 1. The van der Waals surface area contributed by atoms with Crippen LogP contribution >= 0.6 is 0 Å². The Morgan fingerprint density at radius 2 is 1.81 bits per heavy atom. The number of carbonyl (C=O) groups excluding carboxylic acids is 2. The van der Waals surface area contributed by atoms with E-state index in [0.29, 0.717) is 43.8 Å². The van der Waals surface area contributed by atoms with Gasteiger partial charge in [-0.3, -0.25) is 4.79 Å². The number of amides is 1. The van der Waals surface area contributed by atoms with Crippen molar-refractivity contribution in [1.29, 1.82) is 0 Å². The molecule has 1 N–H and O–H groups in total. The number of sulfonamides is 1. The third kappa shape index (κ3) is 6.02. The number of benzene rings is 1. The fourth-order valence-corrected chi connectivity index (χ4v) is 4.26. The van der Waals surface area contributed by atoms with Gasteiger partial charge in [-0.25, -0.2) is 17.5 Å². The monoisotopic (exact) mass is 398 g/mol. The van der Waals surface area contributed by atoms with Gasteiger partial charge in [-0.05, 0) is 44.0 Å². The molecular formula is C18H26N2O6S. The third-order valence-electron chi connectivity index (χ3n) is 4.43. The highest BCUT2D eigenvalue weighted by Gasteiger charge is 2.30. The highest BCUT2D eigenvalue weighted by atomic mass is 32.2. The Labute approximate surface area is 159 Å². The van der Waals surface area contributed by atoms with Crippen molar-refractivity contribution in [3.8, 4) is 0 Å². The van der Waals surface area contributed by atoms with E-state index in [-0.39, 0.29) is 24.2 Å². The molecule has 1 aromatic carbocycles. The quantitative estimate of drug-likeness (QED) is 0.666. The minimum absolute atomic E-state index is 0.0484. The lowest BCUT2D eigenvalue weighted by Crippen LogP contribution is -2.42. The van der Waals surface area contributed by atoms with Crippen LogP contribution in [0.3, 0.4) is 0 Å². The standard InChI is InChI=1S/C18H26N2O6S/c1-3-26-18(22)15-4-6-16(7-5-15)19-17(21)14-8-10-20(11-9-14)27(23,24)13-12-25-2/h4-7,14H,3,8-13H2,1-2H3,(H,19,21). The molecule has 1 aliphatic heterocycles. The summed E-state index contributed by atoms with van der Waals surface area (Å²) in [6.45, 7) is 2.85. The lowest BCUT2D eigenvalue weighted by Gasteiger charge is -2.30. The van der Waals surface area contributed by atoms with Crippen LogP contribution in [0.5, 0.6) is 0 Å². The maximum absolute atomic E-state index is 12.4. The summed E-state index contributed by atoms with van der Waals surface area (Å²) in [6, 6.07) is 6.49. The fourth-order valence-electron chi connectivity index (χ4n) is 2.86. The first-order valence-electron chi connectivity index (χ1n) is 8.92. The number of nitrogens with one attached hydrogen (secondary N) is 1. The molecule has 1 amide bonds. The topological polar surface area (TPSA) is 102 Å². The van der Waals surface area contributed by atoms with Crippen LogP contribution in [0.15, 0.2) is 24.3 Å². The van der Waals surface area contributed by atoms with Crippen LogP contribution in [-0.2, 0) is 24.3 Å². The normalized spacial score (nSPS) is 16.1. The molecule has 0 saturated carbocycles. The molecule has 27 heavy (non-hydrogen) atoms. The zero-order valence-corrected chi connectivity index (χ0v) is 16.5. The van der Waals surface area contributed by atoms with E-state index in [1.807, 2.05) is 0 Å². The lowest BCUT2D eigenvalue weighted by molar-refractivity contribution is -0.120. The smallest absolute Gasteiger partial charge is 0.338 e. The van der Waals surface area contributed by atoms with Gasteiger partial charge in [-0.2, -0.15) is 0 Å². The molecule has 150 valence electrons. The number of piperidine rings is 1. The van der Waals surface area contributed by atoms with E-state index in [4.69, 9.17) is 9.47 Å². The molecule has 1 aromatic rings. The first-order valence-corrected chi connectivity index (χ1v) is 10.5. The van der Waals surface area contributed by atoms with Gasteiger partial charge >= 0.3 is 5.97 Å². The van der Waals surface area contributed by atoms with Crippen LogP contribution in [0, 0.1) is 5.92 Å². The van der Waals surface area contributed by atoms with Crippen LogP contribution in [0.1, 0.15) is 30.1 Å². The number of carbonyl (C=O) groups is 2. The van der Waals surface area contributed by atoms with Crippen LogP contribution in [0.4, 0.5) is 5.69 Å². The largest absolute Gasteiger partial charge is 0.462 e. The molecule has 0 radical (unpaired) electrons. The van der Waals surface area contributed by atoms with Crippen molar-refractivity contribution in [2.75, 3.05) is 44.5 Å². The number of rotatable bonds is 8. The molecule has 0 atom stereocenters. The second kappa shape index (κ2) is 9.82. The van der Waals surface area contributed by atoms with Gasteiger partial charge in [0.1, 0.15) is 0 Å². The van der Waals surface area contributed by atoms with Crippen LogP contribution in [-0.4, -0.2) is 63.8 Å². The number of hydrogen-bond donors (Lipinski definition) is 1. The number of hydrogen-bond acceptors (Lipinski definition) is 6. The Morgan fingerprint density at radius 3 is 2.37 bits per heavy atom. The molecule has 9 heteroatoms. The predicted octanol–water partition coefficient (Wildman–Crippen LogP) is 1.49. The average Bonchev–Trinajstić information content (AvgIpc) is 2.67. The predicted molar refractivity (Wildman–Crippen MR) is 101 cm³/mol. The molecule has 0 bridgehead atoms. The second-order valence-corrected chi connectivity index (χ2v) is 8.36. The van der Waals surface area contributed by atoms with Gasteiger partial charge in [0.25, 0.3) is 0 Å². The molecule has 0 spiro atoms. The first kappa shape index (κ1) is 21.3. The van der Waals surface area contributed by atoms with Gasteiger partial charge in [0.2, 0.25) is 15.9 Å². The van der Waals surface area contributed by atoms with Gasteiger partial charge in [0.15, 0.2) is 0 Å². The molecule has 2 rings (SSSR count). The van der Waals surface area contributed by atoms with E-state index in [0.717, 1.165) is 0 Å². The maximum atomic E-state index is 12.4. The summed E-state index contributed by atoms with van der Waals surface area (Å²) >= 11 is 0. The third-order valence-corrected chi connectivity index (χ3v) is 6.26. The number of nitrogens with zero attached hydrogens (tertiary/aromatic N) is 1. The molecule has 1 heterocycles. The van der Waals surface area contributed by atoms with Gasteiger partial charge in [-0.1, -0.05) is 0 Å². The average molecular weight is 398 g/mol. The Morgan fingerprint density at radius 1 is 1.19 bits per heavy atom. The van der Waals surface area contributed by atoms with Gasteiger partial charge in [-0.15, -0.1) is 0 Å².